The fourth-order valence-corrected chi connectivity index (χ4v) is 4.71. The molecule has 5 nitrogen and oxygen atoms in total. The molecule has 3 fully saturated rings. The van der Waals surface area contributed by atoms with Crippen LogP contribution in [-0.4, -0.2) is 30.9 Å². The average molecular weight is 411 g/mol. The Morgan fingerprint density at radius 2 is 1.80 bits per heavy atom. The lowest BCUT2D eigenvalue weighted by molar-refractivity contribution is -0.194. The number of hydrogen-bond acceptors (Lipinski definition) is 4. The van der Waals surface area contributed by atoms with Crippen molar-refractivity contribution in [3.05, 3.63) is 59.7 Å². The number of carboxylic acid groups (broad SMARTS) is 1. The number of aryl methyl sites for hydroxylation is 1. The Balaban J connectivity index is 1.41. The molecule has 1 saturated carbocycles. The van der Waals surface area contributed by atoms with E-state index in [1.807, 2.05) is 24.3 Å². The number of carbonyl (C=O) groups is 1. The van der Waals surface area contributed by atoms with Crippen molar-refractivity contribution in [1.29, 1.82) is 0 Å². The molecular weight excluding hydrogens is 380 g/mol. The van der Waals surface area contributed by atoms with Crippen molar-refractivity contribution in [1.82, 2.24) is 0 Å². The van der Waals surface area contributed by atoms with Gasteiger partial charge in [-0.15, -0.1) is 0 Å². The van der Waals surface area contributed by atoms with E-state index in [0.717, 1.165) is 50.0 Å². The van der Waals surface area contributed by atoms with Crippen LogP contribution in [0.5, 0.6) is 11.5 Å². The summed E-state index contributed by atoms with van der Waals surface area (Å²) >= 11 is 0. The molecule has 1 aliphatic carbocycles. The highest BCUT2D eigenvalue weighted by molar-refractivity contribution is 5.67. The van der Waals surface area contributed by atoms with Crippen LogP contribution in [0.25, 0.3) is 0 Å². The number of fused-ring (bicyclic) bond motifs is 3. The summed E-state index contributed by atoms with van der Waals surface area (Å²) in [6, 6.07) is 16.5. The van der Waals surface area contributed by atoms with Gasteiger partial charge in [0.2, 0.25) is 0 Å². The summed E-state index contributed by atoms with van der Waals surface area (Å²) in [4.78, 5) is 10.6. The maximum absolute atomic E-state index is 10.6. The SMILES string of the molecule is CCc1cccc(Oc2cccc(C34CCC(CCOCC(=O)O)(CC3)CO4)c2)c1. The predicted octanol–water partition coefficient (Wildman–Crippen LogP) is 5.32. The van der Waals surface area contributed by atoms with E-state index in [4.69, 9.17) is 19.3 Å². The van der Waals surface area contributed by atoms with E-state index in [0.29, 0.717) is 13.2 Å². The number of carboxylic acids is 1. The highest BCUT2D eigenvalue weighted by atomic mass is 16.5. The molecule has 3 aliphatic rings. The lowest BCUT2D eigenvalue weighted by Gasteiger charge is -2.53. The molecule has 5 heteroatoms. The monoisotopic (exact) mass is 410 g/mol. The maximum Gasteiger partial charge on any atom is 0.329 e. The zero-order chi connectivity index (χ0) is 21.0. The molecule has 0 spiro atoms. The van der Waals surface area contributed by atoms with Crippen LogP contribution < -0.4 is 4.74 Å². The van der Waals surface area contributed by atoms with Gasteiger partial charge >= 0.3 is 5.97 Å². The first kappa shape index (κ1) is 20.9. The summed E-state index contributed by atoms with van der Waals surface area (Å²) in [5.74, 6) is 0.777. The molecule has 2 heterocycles. The second-order valence-corrected chi connectivity index (χ2v) is 8.61. The van der Waals surface area contributed by atoms with E-state index < -0.39 is 5.97 Å². The number of aliphatic carboxylic acids is 1. The molecule has 0 radical (unpaired) electrons. The molecule has 2 saturated heterocycles. The molecule has 0 amide bonds. The molecule has 0 aromatic heterocycles. The van der Waals surface area contributed by atoms with Gasteiger partial charge in [0, 0.05) is 6.61 Å². The first-order chi connectivity index (χ1) is 14.5. The van der Waals surface area contributed by atoms with Crippen molar-refractivity contribution in [2.75, 3.05) is 19.8 Å². The highest BCUT2D eigenvalue weighted by Gasteiger charge is 2.50. The lowest BCUT2D eigenvalue weighted by Crippen LogP contribution is -2.49. The van der Waals surface area contributed by atoms with Crippen LogP contribution in [0, 0.1) is 5.41 Å². The van der Waals surface area contributed by atoms with Gasteiger partial charge in [-0.3, -0.25) is 0 Å². The zero-order valence-corrected chi connectivity index (χ0v) is 17.6. The van der Waals surface area contributed by atoms with Gasteiger partial charge in [-0.05, 0) is 79.3 Å². The zero-order valence-electron chi connectivity index (χ0n) is 17.6. The minimum absolute atomic E-state index is 0.120. The summed E-state index contributed by atoms with van der Waals surface area (Å²) in [5, 5.41) is 8.72. The third kappa shape index (κ3) is 4.52. The lowest BCUT2D eigenvalue weighted by atomic mass is 9.63. The van der Waals surface area contributed by atoms with E-state index in [1.54, 1.807) is 0 Å². The Kier molecular flexibility index (Phi) is 6.11. The first-order valence-corrected chi connectivity index (χ1v) is 10.8. The minimum Gasteiger partial charge on any atom is -0.480 e. The van der Waals surface area contributed by atoms with Crippen molar-refractivity contribution in [2.45, 2.75) is 51.0 Å². The predicted molar refractivity (Wildman–Crippen MR) is 114 cm³/mol. The van der Waals surface area contributed by atoms with Gasteiger partial charge in [0.15, 0.2) is 0 Å². The first-order valence-electron chi connectivity index (χ1n) is 10.8. The Morgan fingerprint density at radius 1 is 1.07 bits per heavy atom. The number of benzene rings is 2. The van der Waals surface area contributed by atoms with Gasteiger partial charge in [-0.1, -0.05) is 31.2 Å². The van der Waals surface area contributed by atoms with E-state index in [-0.39, 0.29) is 17.6 Å². The molecule has 0 atom stereocenters. The van der Waals surface area contributed by atoms with Crippen LogP contribution >= 0.6 is 0 Å². The second kappa shape index (κ2) is 8.78. The summed E-state index contributed by atoms with van der Waals surface area (Å²) in [6.45, 7) is 3.09. The Morgan fingerprint density at radius 3 is 2.47 bits per heavy atom. The molecule has 1 N–H and O–H groups in total. The third-order valence-corrected chi connectivity index (χ3v) is 6.68. The summed E-state index contributed by atoms with van der Waals surface area (Å²) in [6.07, 6.45) is 5.94. The largest absolute Gasteiger partial charge is 0.480 e. The quantitative estimate of drug-likeness (QED) is 0.567. The van der Waals surface area contributed by atoms with Crippen LogP contribution in [-0.2, 0) is 26.3 Å². The average Bonchev–Trinajstić information content (AvgIpc) is 2.78. The van der Waals surface area contributed by atoms with Crippen LogP contribution in [0.4, 0.5) is 0 Å². The molecule has 0 unspecified atom stereocenters. The second-order valence-electron chi connectivity index (χ2n) is 8.61. The van der Waals surface area contributed by atoms with E-state index >= 15 is 0 Å². The van der Waals surface area contributed by atoms with Crippen molar-refractivity contribution in [3.63, 3.8) is 0 Å². The number of hydrogen-bond donors (Lipinski definition) is 1. The molecule has 2 aromatic rings. The van der Waals surface area contributed by atoms with Gasteiger partial charge < -0.3 is 19.3 Å². The number of ether oxygens (including phenoxy) is 3. The summed E-state index contributed by atoms with van der Waals surface area (Å²) in [7, 11) is 0. The molecule has 5 rings (SSSR count). The topological polar surface area (TPSA) is 65.0 Å². The molecule has 30 heavy (non-hydrogen) atoms. The standard InChI is InChI=1S/C25H30O5/c1-2-19-5-3-7-21(15-19)30-22-8-4-6-20(16-22)25-11-9-24(10-12-25,18-29-25)13-14-28-17-23(26)27/h3-8,15-16H,2,9-14,17-18H2,1H3,(H,26,27). The fourth-order valence-electron chi connectivity index (χ4n) is 4.71. The normalized spacial score (nSPS) is 25.2. The Bertz CT molecular complexity index is 866. The minimum atomic E-state index is -0.918. The molecule has 2 bridgehead atoms. The maximum atomic E-state index is 10.6. The third-order valence-electron chi connectivity index (χ3n) is 6.68. The van der Waals surface area contributed by atoms with Crippen LogP contribution in [0.2, 0.25) is 0 Å². The molecule has 160 valence electrons. The van der Waals surface area contributed by atoms with Crippen molar-refractivity contribution in [2.24, 2.45) is 5.41 Å². The van der Waals surface area contributed by atoms with Crippen molar-refractivity contribution < 1.29 is 24.1 Å². The fraction of sp³-hybridized carbons (Fsp3) is 0.480. The van der Waals surface area contributed by atoms with Gasteiger partial charge in [0.25, 0.3) is 0 Å². The van der Waals surface area contributed by atoms with Crippen LogP contribution in [0.1, 0.15) is 50.2 Å². The molecule has 2 aliphatic heterocycles. The smallest absolute Gasteiger partial charge is 0.329 e. The van der Waals surface area contributed by atoms with Gasteiger partial charge in [0.05, 0.1) is 12.2 Å². The molecular formula is C25H30O5. The van der Waals surface area contributed by atoms with Gasteiger partial charge in [-0.2, -0.15) is 0 Å². The van der Waals surface area contributed by atoms with E-state index in [1.165, 1.54) is 11.1 Å². The highest BCUT2D eigenvalue weighted by Crippen LogP contribution is 2.55. The van der Waals surface area contributed by atoms with Crippen LogP contribution in [0.3, 0.4) is 0 Å². The van der Waals surface area contributed by atoms with E-state index in [2.05, 4.69) is 31.2 Å². The van der Waals surface area contributed by atoms with E-state index in [9.17, 15) is 4.79 Å². The van der Waals surface area contributed by atoms with Crippen LogP contribution in [0.15, 0.2) is 48.5 Å². The summed E-state index contributed by atoms with van der Waals surface area (Å²) < 4.78 is 17.9. The Labute approximate surface area is 178 Å². The number of rotatable bonds is 9. The summed E-state index contributed by atoms with van der Waals surface area (Å²) in [5.41, 5.74) is 2.32. The Hall–Kier alpha value is -2.37. The van der Waals surface area contributed by atoms with Crippen molar-refractivity contribution in [3.8, 4) is 11.5 Å². The molecule has 2 aromatic carbocycles. The van der Waals surface area contributed by atoms with Gasteiger partial charge in [0.1, 0.15) is 18.1 Å². The van der Waals surface area contributed by atoms with Crippen molar-refractivity contribution >= 4 is 5.97 Å². The van der Waals surface area contributed by atoms with Gasteiger partial charge in [-0.25, -0.2) is 4.79 Å².